The van der Waals surface area contributed by atoms with Crippen LogP contribution in [0.1, 0.15) is 25.0 Å². The number of amides is 2. The minimum Gasteiger partial charge on any atom is -0.387 e. The molecule has 2 unspecified atom stereocenters. The summed E-state index contributed by atoms with van der Waals surface area (Å²) in [5, 5.41) is 12.6. The lowest BCUT2D eigenvalue weighted by Gasteiger charge is -2.16. The second kappa shape index (κ2) is 7.07. The predicted octanol–water partition coefficient (Wildman–Crippen LogP) is 1.50. The molecule has 5 nitrogen and oxygen atoms in total. The van der Waals surface area contributed by atoms with E-state index in [0.717, 1.165) is 6.07 Å². The van der Waals surface area contributed by atoms with E-state index in [-0.39, 0.29) is 29.3 Å². The van der Waals surface area contributed by atoms with E-state index in [1.807, 2.05) is 0 Å². The molecule has 2 rings (SSSR count). The van der Waals surface area contributed by atoms with Crippen molar-refractivity contribution in [1.82, 2.24) is 10.2 Å². The quantitative estimate of drug-likeness (QED) is 0.880. The SMILES string of the molecule is CC(=O)N1CCC(C(=O)NCC(O)c2ccc(Cl)c(F)c2)C1. The molecule has 0 aromatic heterocycles. The summed E-state index contributed by atoms with van der Waals surface area (Å²) in [6, 6.07) is 4.01. The molecule has 7 heteroatoms. The highest BCUT2D eigenvalue weighted by Gasteiger charge is 2.29. The van der Waals surface area contributed by atoms with E-state index in [9.17, 15) is 19.1 Å². The van der Waals surface area contributed by atoms with Crippen LogP contribution in [-0.2, 0) is 9.59 Å². The largest absolute Gasteiger partial charge is 0.387 e. The maximum Gasteiger partial charge on any atom is 0.225 e. The van der Waals surface area contributed by atoms with Crippen LogP contribution in [0.15, 0.2) is 18.2 Å². The first-order valence-corrected chi connectivity index (χ1v) is 7.42. The number of hydrogen-bond donors (Lipinski definition) is 2. The number of nitrogens with one attached hydrogen (secondary N) is 1. The molecule has 1 aliphatic rings. The van der Waals surface area contributed by atoms with Crippen LogP contribution in [0.25, 0.3) is 0 Å². The lowest BCUT2D eigenvalue weighted by atomic mass is 10.1. The number of aliphatic hydroxyl groups excluding tert-OH is 1. The molecule has 1 aliphatic heterocycles. The first-order valence-electron chi connectivity index (χ1n) is 7.04. The summed E-state index contributed by atoms with van der Waals surface area (Å²) in [5.74, 6) is -1.14. The lowest BCUT2D eigenvalue weighted by molar-refractivity contribution is -0.128. The van der Waals surface area contributed by atoms with Crippen molar-refractivity contribution < 1.29 is 19.1 Å². The monoisotopic (exact) mass is 328 g/mol. The molecule has 2 atom stereocenters. The highest BCUT2D eigenvalue weighted by molar-refractivity contribution is 6.30. The van der Waals surface area contributed by atoms with Crippen molar-refractivity contribution in [3.63, 3.8) is 0 Å². The first-order chi connectivity index (χ1) is 10.4. The zero-order valence-electron chi connectivity index (χ0n) is 12.2. The molecule has 0 radical (unpaired) electrons. The standard InChI is InChI=1S/C15H18ClFN2O3/c1-9(20)19-5-4-11(8-19)15(22)18-7-14(21)10-2-3-12(16)13(17)6-10/h2-3,6,11,14,21H,4-5,7-8H2,1H3,(H,18,22). The van der Waals surface area contributed by atoms with Crippen molar-refractivity contribution in [1.29, 1.82) is 0 Å². The zero-order chi connectivity index (χ0) is 16.3. The molecule has 0 bridgehead atoms. The molecule has 1 heterocycles. The average Bonchev–Trinajstić information content (AvgIpc) is 2.97. The summed E-state index contributed by atoms with van der Waals surface area (Å²) in [6.45, 7) is 2.42. The molecule has 120 valence electrons. The van der Waals surface area contributed by atoms with Crippen molar-refractivity contribution in [2.45, 2.75) is 19.4 Å². The summed E-state index contributed by atoms with van der Waals surface area (Å²) in [5.41, 5.74) is 0.346. The Morgan fingerprint density at radius 3 is 2.86 bits per heavy atom. The van der Waals surface area contributed by atoms with E-state index >= 15 is 0 Å². The zero-order valence-corrected chi connectivity index (χ0v) is 12.9. The Bertz CT molecular complexity index is 582. The fourth-order valence-corrected chi connectivity index (χ4v) is 2.56. The molecule has 0 saturated carbocycles. The number of hydrogen-bond acceptors (Lipinski definition) is 3. The predicted molar refractivity (Wildman–Crippen MR) is 79.7 cm³/mol. The summed E-state index contributed by atoms with van der Waals surface area (Å²) in [6.07, 6.45) is -0.405. The van der Waals surface area contributed by atoms with Crippen LogP contribution in [-0.4, -0.2) is 41.5 Å². The van der Waals surface area contributed by atoms with Crippen molar-refractivity contribution in [3.8, 4) is 0 Å². The molecule has 1 saturated heterocycles. The van der Waals surface area contributed by atoms with Gasteiger partial charge in [-0.2, -0.15) is 0 Å². The van der Waals surface area contributed by atoms with Gasteiger partial charge in [-0.15, -0.1) is 0 Å². The van der Waals surface area contributed by atoms with Gasteiger partial charge in [0.25, 0.3) is 0 Å². The van der Waals surface area contributed by atoms with Gasteiger partial charge in [-0.1, -0.05) is 17.7 Å². The Morgan fingerprint density at radius 1 is 1.55 bits per heavy atom. The Morgan fingerprint density at radius 2 is 2.27 bits per heavy atom. The van der Waals surface area contributed by atoms with Crippen LogP contribution in [0, 0.1) is 11.7 Å². The smallest absolute Gasteiger partial charge is 0.225 e. The van der Waals surface area contributed by atoms with Gasteiger partial charge in [-0.05, 0) is 24.1 Å². The molecule has 2 N–H and O–H groups in total. The molecule has 22 heavy (non-hydrogen) atoms. The Hall–Kier alpha value is -1.66. The number of benzene rings is 1. The Kier molecular flexibility index (Phi) is 5.37. The van der Waals surface area contributed by atoms with Crippen molar-refractivity contribution in [2.75, 3.05) is 19.6 Å². The summed E-state index contributed by atoms with van der Waals surface area (Å²) >= 11 is 5.58. The maximum atomic E-state index is 13.3. The number of aliphatic hydroxyl groups is 1. The molecule has 2 amide bonds. The molecule has 1 aromatic rings. The van der Waals surface area contributed by atoms with E-state index in [2.05, 4.69) is 5.32 Å². The maximum absolute atomic E-state index is 13.3. The van der Waals surface area contributed by atoms with E-state index < -0.39 is 11.9 Å². The molecule has 1 fully saturated rings. The molecular formula is C15H18ClFN2O3. The summed E-state index contributed by atoms with van der Waals surface area (Å²) in [4.78, 5) is 24.9. The normalized spacial score (nSPS) is 19.1. The van der Waals surface area contributed by atoms with Crippen molar-refractivity contribution in [3.05, 3.63) is 34.6 Å². The van der Waals surface area contributed by atoms with E-state index in [1.165, 1.54) is 19.1 Å². The van der Waals surface area contributed by atoms with Crippen LogP contribution in [0.5, 0.6) is 0 Å². The van der Waals surface area contributed by atoms with Crippen molar-refractivity contribution >= 4 is 23.4 Å². The van der Waals surface area contributed by atoms with Gasteiger partial charge in [-0.25, -0.2) is 4.39 Å². The lowest BCUT2D eigenvalue weighted by Crippen LogP contribution is -2.36. The first kappa shape index (κ1) is 16.7. The van der Waals surface area contributed by atoms with Crippen LogP contribution in [0.4, 0.5) is 4.39 Å². The van der Waals surface area contributed by atoms with Gasteiger partial charge in [-0.3, -0.25) is 9.59 Å². The molecular weight excluding hydrogens is 311 g/mol. The number of rotatable bonds is 4. The van der Waals surface area contributed by atoms with Crippen LogP contribution >= 0.6 is 11.6 Å². The number of halogens is 2. The number of nitrogens with zero attached hydrogens (tertiary/aromatic N) is 1. The van der Waals surface area contributed by atoms with E-state index in [0.29, 0.717) is 25.1 Å². The van der Waals surface area contributed by atoms with Crippen LogP contribution in [0.3, 0.4) is 0 Å². The number of carbonyl (C=O) groups excluding carboxylic acids is 2. The highest BCUT2D eigenvalue weighted by atomic mass is 35.5. The van der Waals surface area contributed by atoms with Gasteiger partial charge < -0.3 is 15.3 Å². The Balaban J connectivity index is 1.85. The third-order valence-corrected chi connectivity index (χ3v) is 4.11. The van der Waals surface area contributed by atoms with Gasteiger partial charge in [0.15, 0.2) is 0 Å². The average molecular weight is 329 g/mol. The number of carbonyl (C=O) groups is 2. The van der Waals surface area contributed by atoms with Crippen LogP contribution in [0.2, 0.25) is 5.02 Å². The second-order valence-corrected chi connectivity index (χ2v) is 5.79. The molecule has 0 aliphatic carbocycles. The Labute approximate surface area is 133 Å². The third-order valence-electron chi connectivity index (χ3n) is 3.80. The van der Waals surface area contributed by atoms with Gasteiger partial charge in [0.2, 0.25) is 11.8 Å². The summed E-state index contributed by atoms with van der Waals surface area (Å²) < 4.78 is 13.3. The minimum atomic E-state index is -1.01. The highest BCUT2D eigenvalue weighted by Crippen LogP contribution is 2.20. The fraction of sp³-hybridized carbons (Fsp3) is 0.467. The second-order valence-electron chi connectivity index (χ2n) is 5.39. The van der Waals surface area contributed by atoms with E-state index in [1.54, 1.807) is 4.90 Å². The molecule has 0 spiro atoms. The molecule has 1 aromatic carbocycles. The van der Waals surface area contributed by atoms with E-state index in [4.69, 9.17) is 11.6 Å². The van der Waals surface area contributed by atoms with Gasteiger partial charge in [0.1, 0.15) is 5.82 Å². The van der Waals surface area contributed by atoms with Gasteiger partial charge in [0, 0.05) is 26.6 Å². The van der Waals surface area contributed by atoms with Gasteiger partial charge in [0.05, 0.1) is 17.0 Å². The fourth-order valence-electron chi connectivity index (χ4n) is 2.44. The van der Waals surface area contributed by atoms with Crippen LogP contribution < -0.4 is 5.32 Å². The number of likely N-dealkylation sites (tertiary alicyclic amines) is 1. The third kappa shape index (κ3) is 3.96. The summed E-state index contributed by atoms with van der Waals surface area (Å²) in [7, 11) is 0. The van der Waals surface area contributed by atoms with Crippen molar-refractivity contribution in [2.24, 2.45) is 5.92 Å². The van der Waals surface area contributed by atoms with Gasteiger partial charge >= 0.3 is 0 Å². The minimum absolute atomic E-state index is 0.0174. The topological polar surface area (TPSA) is 69.6 Å².